The molecule has 2 atom stereocenters. The van der Waals surface area contributed by atoms with Gasteiger partial charge in [-0.3, -0.25) is 14.9 Å². The SMILES string of the molecule is CCOC(=O)[C@H]1C(=O)NC(N2CCc3ccccc3C2)=N[C@@H]1c1ccc(OCc2ccccc2)cc1. The van der Waals surface area contributed by atoms with Crippen LogP contribution < -0.4 is 10.1 Å². The molecule has 1 N–H and O–H groups in total. The van der Waals surface area contributed by atoms with Gasteiger partial charge < -0.3 is 14.4 Å². The molecule has 7 heteroatoms. The first-order chi connectivity index (χ1) is 17.6. The molecule has 5 rings (SSSR count). The van der Waals surface area contributed by atoms with Crippen LogP contribution in [-0.2, 0) is 33.9 Å². The maximum atomic E-state index is 13.2. The maximum absolute atomic E-state index is 13.2. The molecular weight excluding hydrogens is 454 g/mol. The number of carbonyl (C=O) groups excluding carboxylic acids is 2. The number of amides is 1. The Kier molecular flexibility index (Phi) is 6.98. The van der Waals surface area contributed by atoms with Gasteiger partial charge in [-0.1, -0.05) is 66.7 Å². The molecule has 36 heavy (non-hydrogen) atoms. The number of nitrogens with zero attached hydrogens (tertiary/aromatic N) is 2. The first kappa shape index (κ1) is 23.6. The third kappa shape index (κ3) is 5.10. The van der Waals surface area contributed by atoms with E-state index in [1.165, 1.54) is 11.1 Å². The molecule has 0 aliphatic carbocycles. The van der Waals surface area contributed by atoms with E-state index in [2.05, 4.69) is 22.3 Å². The van der Waals surface area contributed by atoms with Crippen LogP contribution in [0.15, 0.2) is 83.9 Å². The number of benzene rings is 3. The van der Waals surface area contributed by atoms with Gasteiger partial charge in [0.15, 0.2) is 5.92 Å². The van der Waals surface area contributed by atoms with Crippen molar-refractivity contribution >= 4 is 17.8 Å². The molecule has 0 fully saturated rings. The molecule has 1 amide bonds. The van der Waals surface area contributed by atoms with E-state index in [0.29, 0.717) is 24.9 Å². The predicted octanol–water partition coefficient (Wildman–Crippen LogP) is 4.03. The number of rotatable bonds is 6. The van der Waals surface area contributed by atoms with Gasteiger partial charge in [0.2, 0.25) is 11.9 Å². The zero-order chi connectivity index (χ0) is 24.9. The van der Waals surface area contributed by atoms with Crippen molar-refractivity contribution in [3.05, 3.63) is 101 Å². The summed E-state index contributed by atoms with van der Waals surface area (Å²) in [6, 6.07) is 25.0. The molecule has 0 radical (unpaired) electrons. The Labute approximate surface area is 210 Å². The monoisotopic (exact) mass is 483 g/mol. The zero-order valence-corrected chi connectivity index (χ0v) is 20.2. The number of ether oxygens (including phenoxy) is 2. The highest BCUT2D eigenvalue weighted by Crippen LogP contribution is 2.33. The zero-order valence-electron chi connectivity index (χ0n) is 20.2. The highest BCUT2D eigenvalue weighted by atomic mass is 16.5. The minimum Gasteiger partial charge on any atom is -0.489 e. The van der Waals surface area contributed by atoms with Gasteiger partial charge in [0.1, 0.15) is 18.4 Å². The molecule has 2 aliphatic heterocycles. The minimum atomic E-state index is -1.05. The Morgan fingerprint density at radius 1 is 1.00 bits per heavy atom. The highest BCUT2D eigenvalue weighted by molar-refractivity contribution is 6.08. The van der Waals surface area contributed by atoms with Gasteiger partial charge in [-0.15, -0.1) is 0 Å². The number of carbonyl (C=O) groups is 2. The number of nitrogens with one attached hydrogen (secondary N) is 1. The average Bonchev–Trinajstić information content (AvgIpc) is 2.92. The standard InChI is InChI=1S/C29H29N3O4/c1-2-35-28(34)25-26(22-12-14-24(15-13-22)36-19-20-8-4-3-5-9-20)30-29(31-27(25)33)32-17-16-21-10-6-7-11-23(21)18-32/h3-15,25-26H,2,16-19H2,1H3,(H,30,31,33)/t25-,26-/m1/s1. The normalized spacial score (nSPS) is 19.1. The van der Waals surface area contributed by atoms with E-state index in [4.69, 9.17) is 14.5 Å². The van der Waals surface area contributed by atoms with Crippen LogP contribution in [0, 0.1) is 5.92 Å². The van der Waals surface area contributed by atoms with Gasteiger partial charge in [-0.05, 0) is 47.7 Å². The lowest BCUT2D eigenvalue weighted by atomic mass is 9.91. The number of esters is 1. The first-order valence-corrected chi connectivity index (χ1v) is 12.3. The van der Waals surface area contributed by atoms with Crippen molar-refractivity contribution in [3.8, 4) is 5.75 Å². The summed E-state index contributed by atoms with van der Waals surface area (Å²) in [7, 11) is 0. The van der Waals surface area contributed by atoms with Gasteiger partial charge in [0.05, 0.1) is 6.61 Å². The summed E-state index contributed by atoms with van der Waals surface area (Å²) in [6.07, 6.45) is 0.866. The summed E-state index contributed by atoms with van der Waals surface area (Å²) in [5.74, 6) is -0.832. The topological polar surface area (TPSA) is 80.2 Å². The van der Waals surface area contributed by atoms with Crippen molar-refractivity contribution in [1.29, 1.82) is 0 Å². The van der Waals surface area contributed by atoms with Crippen LogP contribution >= 0.6 is 0 Å². The Morgan fingerprint density at radius 3 is 2.47 bits per heavy atom. The number of hydrogen-bond acceptors (Lipinski definition) is 6. The molecule has 0 spiro atoms. The third-order valence-electron chi connectivity index (χ3n) is 6.54. The van der Waals surface area contributed by atoms with E-state index in [-0.39, 0.29) is 6.61 Å². The summed E-state index contributed by atoms with van der Waals surface area (Å²) < 4.78 is 11.1. The van der Waals surface area contributed by atoms with Crippen molar-refractivity contribution in [2.75, 3.05) is 13.2 Å². The summed E-state index contributed by atoms with van der Waals surface area (Å²) in [5.41, 5.74) is 4.35. The number of hydrogen-bond donors (Lipinski definition) is 1. The largest absolute Gasteiger partial charge is 0.489 e. The number of aliphatic imine (C=N–C) groups is 1. The Bertz CT molecular complexity index is 1260. The van der Waals surface area contributed by atoms with Gasteiger partial charge in [-0.2, -0.15) is 0 Å². The van der Waals surface area contributed by atoms with Crippen molar-refractivity contribution in [2.24, 2.45) is 10.9 Å². The lowest BCUT2D eigenvalue weighted by Crippen LogP contribution is -2.53. The molecule has 0 saturated heterocycles. The summed E-state index contributed by atoms with van der Waals surface area (Å²) in [4.78, 5) is 32.9. The van der Waals surface area contributed by atoms with E-state index < -0.39 is 23.8 Å². The Morgan fingerprint density at radius 2 is 1.72 bits per heavy atom. The van der Waals surface area contributed by atoms with Crippen LogP contribution in [0.3, 0.4) is 0 Å². The molecule has 0 aromatic heterocycles. The molecule has 2 heterocycles. The molecule has 3 aromatic rings. The second-order valence-electron chi connectivity index (χ2n) is 8.90. The molecular formula is C29H29N3O4. The van der Waals surface area contributed by atoms with Crippen molar-refractivity contribution < 1.29 is 19.1 Å². The molecule has 184 valence electrons. The fourth-order valence-electron chi connectivity index (χ4n) is 4.64. The van der Waals surface area contributed by atoms with Gasteiger partial charge in [0, 0.05) is 13.1 Å². The first-order valence-electron chi connectivity index (χ1n) is 12.3. The summed E-state index contributed by atoms with van der Waals surface area (Å²) in [6.45, 7) is 3.77. The fourth-order valence-corrected chi connectivity index (χ4v) is 4.64. The molecule has 0 bridgehead atoms. The molecule has 0 saturated carbocycles. The number of fused-ring (bicyclic) bond motifs is 1. The molecule has 3 aromatic carbocycles. The van der Waals surface area contributed by atoms with E-state index in [1.54, 1.807) is 6.92 Å². The van der Waals surface area contributed by atoms with Gasteiger partial charge in [-0.25, -0.2) is 4.99 Å². The number of guanidine groups is 1. The Hall–Kier alpha value is -4.13. The fraction of sp³-hybridized carbons (Fsp3) is 0.276. The molecule has 0 unspecified atom stereocenters. The quantitative estimate of drug-likeness (QED) is 0.423. The minimum absolute atomic E-state index is 0.196. The lowest BCUT2D eigenvalue weighted by molar-refractivity contribution is -0.153. The van der Waals surface area contributed by atoms with E-state index in [0.717, 1.165) is 24.1 Å². The predicted molar refractivity (Wildman–Crippen MR) is 136 cm³/mol. The smallest absolute Gasteiger partial charge is 0.321 e. The Balaban J connectivity index is 1.39. The average molecular weight is 484 g/mol. The van der Waals surface area contributed by atoms with Crippen molar-refractivity contribution in [3.63, 3.8) is 0 Å². The second-order valence-corrected chi connectivity index (χ2v) is 8.90. The van der Waals surface area contributed by atoms with Crippen LogP contribution in [0.1, 0.15) is 35.2 Å². The second kappa shape index (κ2) is 10.6. The highest BCUT2D eigenvalue weighted by Gasteiger charge is 2.42. The van der Waals surface area contributed by atoms with Crippen molar-refractivity contribution in [2.45, 2.75) is 32.5 Å². The van der Waals surface area contributed by atoms with E-state index in [9.17, 15) is 9.59 Å². The molecule has 2 aliphatic rings. The van der Waals surface area contributed by atoms with E-state index in [1.807, 2.05) is 66.7 Å². The summed E-state index contributed by atoms with van der Waals surface area (Å²) in [5, 5.41) is 2.87. The van der Waals surface area contributed by atoms with Crippen LogP contribution in [0.5, 0.6) is 5.75 Å². The van der Waals surface area contributed by atoms with Gasteiger partial charge in [0.25, 0.3) is 0 Å². The molecule has 7 nitrogen and oxygen atoms in total. The van der Waals surface area contributed by atoms with Crippen LogP contribution in [0.2, 0.25) is 0 Å². The van der Waals surface area contributed by atoms with Gasteiger partial charge >= 0.3 is 5.97 Å². The van der Waals surface area contributed by atoms with Crippen LogP contribution in [0.4, 0.5) is 0 Å². The summed E-state index contributed by atoms with van der Waals surface area (Å²) >= 11 is 0. The maximum Gasteiger partial charge on any atom is 0.321 e. The van der Waals surface area contributed by atoms with Crippen LogP contribution in [-0.4, -0.2) is 35.9 Å². The van der Waals surface area contributed by atoms with E-state index >= 15 is 0 Å². The van der Waals surface area contributed by atoms with Crippen LogP contribution in [0.25, 0.3) is 0 Å². The third-order valence-corrected chi connectivity index (χ3v) is 6.54. The van der Waals surface area contributed by atoms with Crippen molar-refractivity contribution in [1.82, 2.24) is 10.2 Å². The lowest BCUT2D eigenvalue weighted by Gasteiger charge is -2.36.